The largest absolute Gasteiger partial charge is 0.456 e. The number of ether oxygens (including phenoxy) is 5. The molecule has 1 heterocycles. The summed E-state index contributed by atoms with van der Waals surface area (Å²) in [6, 6.07) is 15.4. The number of hydrogen-bond donors (Lipinski definition) is 3. The van der Waals surface area contributed by atoms with Crippen LogP contribution >= 0.6 is 0 Å². The molecule has 1 aliphatic heterocycles. The minimum Gasteiger partial charge on any atom is -0.456 e. The summed E-state index contributed by atoms with van der Waals surface area (Å²) in [6.45, 7) is 13.3. The smallest absolute Gasteiger partial charge is 0.408 e. The van der Waals surface area contributed by atoms with Crippen molar-refractivity contribution in [2.24, 2.45) is 28.6 Å². The zero-order valence-electron chi connectivity index (χ0n) is 33.7. The molecule has 1 amide bonds. The molecule has 13 heteroatoms. The van der Waals surface area contributed by atoms with E-state index in [9.17, 15) is 29.4 Å². The number of esters is 3. The van der Waals surface area contributed by atoms with Crippen molar-refractivity contribution >= 4 is 29.8 Å². The highest BCUT2D eigenvalue weighted by Gasteiger charge is 2.83. The SMILES string of the molecule is CC(=O)O[C@@]12CO[C@@H]1C[C@@H]1C[C@@]13C(=O)[C@H](C)C1=C(C)[C@@H](OC(=O)[C@H](O)[C@@H](NC(=O)OC(C)(C)C)c4ccccc4)C[C@@](O)([C@@H](OC(=O)c4ccccc4)[C@H]23)C1(C)C. The van der Waals surface area contributed by atoms with Crippen LogP contribution in [-0.4, -0.2) is 87.8 Å². The van der Waals surface area contributed by atoms with E-state index in [0.717, 1.165) is 0 Å². The molecule has 5 aliphatic rings. The van der Waals surface area contributed by atoms with E-state index in [1.54, 1.807) is 109 Å². The number of benzene rings is 2. The summed E-state index contributed by atoms with van der Waals surface area (Å²) in [4.78, 5) is 69.3. The van der Waals surface area contributed by atoms with E-state index in [0.29, 0.717) is 29.6 Å². The van der Waals surface area contributed by atoms with Gasteiger partial charge in [0, 0.05) is 30.1 Å². The highest BCUT2D eigenvalue weighted by atomic mass is 16.6. The molecule has 2 bridgehead atoms. The van der Waals surface area contributed by atoms with E-state index in [1.807, 2.05) is 0 Å². The molecule has 57 heavy (non-hydrogen) atoms. The van der Waals surface area contributed by atoms with Gasteiger partial charge in [0.15, 0.2) is 11.7 Å². The van der Waals surface area contributed by atoms with E-state index in [2.05, 4.69) is 5.32 Å². The average molecular weight is 788 g/mol. The summed E-state index contributed by atoms with van der Waals surface area (Å²) >= 11 is 0. The highest BCUT2D eigenvalue weighted by molar-refractivity contribution is 5.94. The average Bonchev–Trinajstić information content (AvgIpc) is 3.87. The first-order valence-electron chi connectivity index (χ1n) is 19.7. The number of Topliss-reactive ketones (excluding diaryl/α,β-unsaturated/α-hetero) is 1. The van der Waals surface area contributed by atoms with E-state index >= 15 is 4.79 Å². The van der Waals surface area contributed by atoms with Crippen molar-refractivity contribution < 1.29 is 57.9 Å². The minimum absolute atomic E-state index is 0.0637. The highest BCUT2D eigenvalue weighted by Crippen LogP contribution is 2.75. The molecule has 1 spiro atoms. The molecule has 13 nitrogen and oxygen atoms in total. The summed E-state index contributed by atoms with van der Waals surface area (Å²) in [6.07, 6.45) is -5.52. The third-order valence-corrected chi connectivity index (χ3v) is 13.2. The van der Waals surface area contributed by atoms with Gasteiger partial charge in [-0.25, -0.2) is 14.4 Å². The van der Waals surface area contributed by atoms with E-state index < -0.39 is 93.9 Å². The molecule has 4 aliphatic carbocycles. The fourth-order valence-electron chi connectivity index (χ4n) is 10.6. The third-order valence-electron chi connectivity index (χ3n) is 13.2. The van der Waals surface area contributed by atoms with Crippen LogP contribution in [0, 0.1) is 28.6 Å². The molecule has 306 valence electrons. The molecule has 7 rings (SSSR count). The predicted octanol–water partition coefficient (Wildman–Crippen LogP) is 5.17. The fraction of sp³-hybridized carbons (Fsp3) is 0.568. The Morgan fingerprint density at radius 3 is 2.18 bits per heavy atom. The molecule has 0 unspecified atom stereocenters. The zero-order chi connectivity index (χ0) is 41.5. The van der Waals surface area contributed by atoms with Crippen LogP contribution in [0.25, 0.3) is 0 Å². The lowest BCUT2D eigenvalue weighted by Gasteiger charge is -2.64. The third kappa shape index (κ3) is 6.55. The van der Waals surface area contributed by atoms with Crippen LogP contribution < -0.4 is 5.32 Å². The van der Waals surface area contributed by atoms with Crippen LogP contribution in [0.2, 0.25) is 0 Å². The molecule has 2 aromatic carbocycles. The Hall–Kier alpha value is -4.59. The van der Waals surface area contributed by atoms with Gasteiger partial charge in [0.25, 0.3) is 0 Å². The molecule has 3 saturated carbocycles. The molecule has 4 fully saturated rings. The molecule has 0 aromatic heterocycles. The van der Waals surface area contributed by atoms with Crippen LogP contribution in [0.1, 0.15) is 96.6 Å². The van der Waals surface area contributed by atoms with Crippen molar-refractivity contribution in [3.8, 4) is 0 Å². The standard InChI is InChI=1S/C44H53NO12/c1-23-29(54-38(50)33(47)32(26-15-11-9-12-16-26)45-39(51)57-40(4,5)6)21-44(52)36(55-37(49)27-17-13-10-14-18-27)34-42(35(48)24(2)31(23)41(44,7)8)20-28(42)19-30-43(34,22-53-30)56-25(3)46/h9-18,24,28-30,32-34,36,47,52H,19-22H2,1-8H3,(H,45,51)/t24-,28-,29+,30-,32+,33-,34+,36+,42-,43+,44-/m1/s1. The first kappa shape index (κ1) is 40.6. The lowest BCUT2D eigenvalue weighted by Crippen LogP contribution is -2.77. The Balaban J connectivity index is 1.32. The van der Waals surface area contributed by atoms with Gasteiger partial charge in [0.2, 0.25) is 0 Å². The minimum atomic E-state index is -2.04. The number of alkyl carbamates (subject to hydrolysis) is 1. The second-order valence-electron chi connectivity index (χ2n) is 18.0. The maximum Gasteiger partial charge on any atom is 0.408 e. The number of carbonyl (C=O) groups is 5. The quantitative estimate of drug-likeness (QED) is 0.182. The van der Waals surface area contributed by atoms with Gasteiger partial charge in [-0.3, -0.25) is 9.59 Å². The Labute approximate surface area is 332 Å². The predicted molar refractivity (Wildman–Crippen MR) is 203 cm³/mol. The molecular weight excluding hydrogens is 734 g/mol. The van der Waals surface area contributed by atoms with Crippen molar-refractivity contribution in [2.75, 3.05) is 6.61 Å². The van der Waals surface area contributed by atoms with E-state index in [4.69, 9.17) is 23.7 Å². The number of aliphatic hydroxyl groups is 2. The maximum absolute atomic E-state index is 15.2. The van der Waals surface area contributed by atoms with Gasteiger partial charge in [0.05, 0.1) is 24.1 Å². The van der Waals surface area contributed by atoms with E-state index in [1.165, 1.54) is 6.92 Å². The number of rotatable bonds is 8. The number of aliphatic hydroxyl groups excluding tert-OH is 1. The van der Waals surface area contributed by atoms with Gasteiger partial charge < -0.3 is 39.2 Å². The van der Waals surface area contributed by atoms with E-state index in [-0.39, 0.29) is 30.3 Å². The number of amides is 1. The van der Waals surface area contributed by atoms with Crippen molar-refractivity contribution in [1.29, 1.82) is 0 Å². The van der Waals surface area contributed by atoms with Crippen molar-refractivity contribution in [1.82, 2.24) is 5.32 Å². The summed E-state index contributed by atoms with van der Waals surface area (Å²) in [5.41, 5.74) is -5.05. The molecule has 0 radical (unpaired) electrons. The molecule has 1 saturated heterocycles. The molecular formula is C44H53NO12. The zero-order valence-corrected chi connectivity index (χ0v) is 33.7. The monoisotopic (exact) mass is 787 g/mol. The van der Waals surface area contributed by atoms with Crippen LogP contribution in [0.4, 0.5) is 4.79 Å². The Morgan fingerprint density at radius 2 is 1.60 bits per heavy atom. The number of hydrogen-bond acceptors (Lipinski definition) is 12. The lowest BCUT2D eigenvalue weighted by atomic mass is 9.47. The fourth-order valence-corrected chi connectivity index (χ4v) is 10.6. The van der Waals surface area contributed by atoms with Crippen LogP contribution in [0.15, 0.2) is 71.8 Å². The second-order valence-corrected chi connectivity index (χ2v) is 18.0. The normalized spacial score (nSPS) is 34.6. The van der Waals surface area contributed by atoms with Crippen LogP contribution in [-0.2, 0) is 38.1 Å². The maximum atomic E-state index is 15.2. The summed E-state index contributed by atoms with van der Waals surface area (Å²) < 4.78 is 30.2. The Kier molecular flexibility index (Phi) is 10.0. The summed E-state index contributed by atoms with van der Waals surface area (Å²) in [7, 11) is 0. The van der Waals surface area contributed by atoms with Crippen molar-refractivity contribution in [3.63, 3.8) is 0 Å². The van der Waals surface area contributed by atoms with Gasteiger partial charge in [0.1, 0.15) is 35.3 Å². The van der Waals surface area contributed by atoms with Crippen LogP contribution in [0.5, 0.6) is 0 Å². The number of carbonyl (C=O) groups excluding carboxylic acids is 5. The molecule has 11 atom stereocenters. The van der Waals surface area contributed by atoms with Crippen molar-refractivity contribution in [3.05, 3.63) is 82.9 Å². The number of fused-ring (bicyclic) bond motifs is 4. The first-order valence-corrected chi connectivity index (χ1v) is 19.7. The van der Waals surface area contributed by atoms with Gasteiger partial charge in [-0.05, 0) is 75.3 Å². The lowest BCUT2D eigenvalue weighted by molar-refractivity contribution is -0.322. The Bertz CT molecular complexity index is 1990. The Morgan fingerprint density at radius 1 is 0.965 bits per heavy atom. The topological polar surface area (TPSA) is 184 Å². The van der Waals surface area contributed by atoms with Crippen LogP contribution in [0.3, 0.4) is 0 Å². The summed E-state index contributed by atoms with van der Waals surface area (Å²) in [5, 5.41) is 27.8. The first-order chi connectivity index (χ1) is 26.7. The molecule has 3 N–H and O–H groups in total. The van der Waals surface area contributed by atoms with Gasteiger partial charge in [-0.1, -0.05) is 69.3 Å². The van der Waals surface area contributed by atoms with Gasteiger partial charge >= 0.3 is 24.0 Å². The van der Waals surface area contributed by atoms with Crippen molar-refractivity contribution in [2.45, 2.75) is 122 Å². The van der Waals surface area contributed by atoms with Gasteiger partial charge in [-0.2, -0.15) is 0 Å². The summed E-state index contributed by atoms with van der Waals surface area (Å²) in [5.74, 6) is -4.60. The molecule has 2 aromatic rings. The second kappa shape index (κ2) is 14.1. The van der Waals surface area contributed by atoms with Gasteiger partial charge in [-0.15, -0.1) is 0 Å². The number of ketones is 1. The number of nitrogens with one attached hydrogen (secondary N) is 1.